The fraction of sp³-hybridized carbons (Fsp3) is 0.737. The van der Waals surface area contributed by atoms with Crippen molar-refractivity contribution in [2.45, 2.75) is 84.2 Å². The van der Waals surface area contributed by atoms with Gasteiger partial charge in [-0.1, -0.05) is 39.0 Å². The van der Waals surface area contributed by atoms with Gasteiger partial charge in [0, 0.05) is 17.8 Å². The average Bonchev–Trinajstić information content (AvgIpc) is 3.09. The van der Waals surface area contributed by atoms with E-state index in [1.807, 2.05) is 4.90 Å². The molecule has 0 aliphatic heterocycles. The second kappa shape index (κ2) is 10.5. The zero-order valence-electron chi connectivity index (χ0n) is 15.5. The Kier molecular flexibility index (Phi) is 8.38. The highest BCUT2D eigenvalue weighted by Gasteiger charge is 2.26. The Bertz CT molecular complexity index is 553. The molecule has 0 N–H and O–H groups in total. The van der Waals surface area contributed by atoms with Crippen LogP contribution in [0.5, 0.6) is 0 Å². The van der Waals surface area contributed by atoms with Crippen molar-refractivity contribution in [1.29, 1.82) is 0 Å². The molecule has 25 heavy (non-hydrogen) atoms. The van der Waals surface area contributed by atoms with Gasteiger partial charge in [-0.05, 0) is 26.2 Å². The highest BCUT2D eigenvalue weighted by atomic mass is 32.1. The smallest absolute Gasteiger partial charge is 0.357 e. The van der Waals surface area contributed by atoms with Crippen molar-refractivity contribution in [3.63, 3.8) is 0 Å². The van der Waals surface area contributed by atoms with Crippen molar-refractivity contribution in [1.82, 2.24) is 9.88 Å². The Labute approximate surface area is 154 Å². The second-order valence-corrected chi connectivity index (χ2v) is 7.56. The molecule has 1 aromatic rings. The number of hydrogen-bond donors (Lipinski definition) is 0. The van der Waals surface area contributed by atoms with Crippen LogP contribution in [0.3, 0.4) is 0 Å². The van der Waals surface area contributed by atoms with E-state index in [2.05, 4.69) is 11.9 Å². The number of aromatic nitrogens is 1. The Morgan fingerprint density at radius 1 is 1.24 bits per heavy atom. The molecule has 0 saturated heterocycles. The number of ether oxygens (including phenoxy) is 1. The van der Waals surface area contributed by atoms with Crippen molar-refractivity contribution in [3.8, 4) is 0 Å². The molecule has 0 radical (unpaired) electrons. The zero-order chi connectivity index (χ0) is 18.1. The van der Waals surface area contributed by atoms with Gasteiger partial charge in [0.25, 0.3) is 0 Å². The minimum absolute atomic E-state index is 0.230. The predicted octanol–water partition coefficient (Wildman–Crippen LogP) is 4.56. The third kappa shape index (κ3) is 6.10. The van der Waals surface area contributed by atoms with E-state index in [0.29, 0.717) is 31.3 Å². The van der Waals surface area contributed by atoms with Gasteiger partial charge in [0.15, 0.2) is 5.69 Å². The van der Waals surface area contributed by atoms with Gasteiger partial charge in [-0.3, -0.25) is 4.79 Å². The van der Waals surface area contributed by atoms with Crippen LogP contribution in [0, 0.1) is 0 Å². The maximum Gasteiger partial charge on any atom is 0.357 e. The molecule has 1 aromatic heterocycles. The van der Waals surface area contributed by atoms with Crippen LogP contribution >= 0.6 is 11.3 Å². The van der Waals surface area contributed by atoms with E-state index in [1.54, 1.807) is 12.3 Å². The molecule has 5 nitrogen and oxygen atoms in total. The van der Waals surface area contributed by atoms with Crippen molar-refractivity contribution < 1.29 is 14.3 Å². The molecule has 1 saturated carbocycles. The van der Waals surface area contributed by atoms with E-state index in [-0.39, 0.29) is 11.9 Å². The first-order chi connectivity index (χ1) is 12.2. The quantitative estimate of drug-likeness (QED) is 0.475. The fourth-order valence-electron chi connectivity index (χ4n) is 3.31. The average molecular weight is 367 g/mol. The van der Waals surface area contributed by atoms with E-state index in [0.717, 1.165) is 37.1 Å². The van der Waals surface area contributed by atoms with Crippen LogP contribution in [0.2, 0.25) is 0 Å². The van der Waals surface area contributed by atoms with Crippen LogP contribution in [0.4, 0.5) is 0 Å². The van der Waals surface area contributed by atoms with Crippen LogP contribution in [0.15, 0.2) is 5.38 Å². The Morgan fingerprint density at radius 2 is 2.00 bits per heavy atom. The fourth-order valence-corrected chi connectivity index (χ4v) is 4.07. The Hall–Kier alpha value is -1.43. The normalized spacial score (nSPS) is 15.1. The largest absolute Gasteiger partial charge is 0.461 e. The third-order valence-electron chi connectivity index (χ3n) is 4.67. The number of hydrogen-bond acceptors (Lipinski definition) is 5. The summed E-state index contributed by atoms with van der Waals surface area (Å²) in [5.41, 5.74) is 0.351. The highest BCUT2D eigenvalue weighted by molar-refractivity contribution is 7.09. The minimum atomic E-state index is -0.386. The molecule has 140 valence electrons. The van der Waals surface area contributed by atoms with E-state index >= 15 is 0 Å². The molecule has 0 bridgehead atoms. The molecule has 1 heterocycles. The molecular formula is C19H30N2O3S. The number of unbranched alkanes of at least 4 members (excludes halogenated alkanes) is 2. The summed E-state index contributed by atoms with van der Waals surface area (Å²) in [5, 5.41) is 2.55. The monoisotopic (exact) mass is 366 g/mol. The standard InChI is InChI=1S/C19H30N2O3S/c1-3-5-7-12-18(22)21(15-10-8-6-9-11-15)13-17-20-16(14-25-17)19(23)24-4-2/h14-15H,3-13H2,1-2H3. The lowest BCUT2D eigenvalue weighted by molar-refractivity contribution is -0.135. The molecule has 1 amide bonds. The van der Waals surface area contributed by atoms with Gasteiger partial charge in [-0.15, -0.1) is 11.3 Å². The second-order valence-electron chi connectivity index (χ2n) is 6.62. The zero-order valence-corrected chi connectivity index (χ0v) is 16.3. The van der Waals surface area contributed by atoms with Gasteiger partial charge in [0.1, 0.15) is 5.01 Å². The number of rotatable bonds is 9. The lowest BCUT2D eigenvalue weighted by Gasteiger charge is -2.34. The SMILES string of the molecule is CCCCCC(=O)N(Cc1nc(C(=O)OCC)cs1)C1CCCCC1. The summed E-state index contributed by atoms with van der Waals surface area (Å²) in [6.07, 6.45) is 9.57. The van der Waals surface area contributed by atoms with Gasteiger partial charge in [-0.2, -0.15) is 0 Å². The highest BCUT2D eigenvalue weighted by Crippen LogP contribution is 2.26. The summed E-state index contributed by atoms with van der Waals surface area (Å²) >= 11 is 1.44. The van der Waals surface area contributed by atoms with E-state index in [1.165, 1.54) is 30.6 Å². The lowest BCUT2D eigenvalue weighted by atomic mass is 9.94. The number of carbonyl (C=O) groups is 2. The molecule has 6 heteroatoms. The van der Waals surface area contributed by atoms with Crippen LogP contribution in [0.25, 0.3) is 0 Å². The van der Waals surface area contributed by atoms with Gasteiger partial charge >= 0.3 is 5.97 Å². The maximum atomic E-state index is 12.8. The van der Waals surface area contributed by atoms with Crippen LogP contribution in [-0.4, -0.2) is 34.4 Å². The molecule has 1 aliphatic carbocycles. The summed E-state index contributed by atoms with van der Waals surface area (Å²) in [6, 6.07) is 0.317. The maximum absolute atomic E-state index is 12.8. The molecule has 1 aliphatic rings. The van der Waals surface area contributed by atoms with E-state index in [4.69, 9.17) is 4.74 Å². The number of esters is 1. The van der Waals surface area contributed by atoms with Crippen molar-refractivity contribution in [2.24, 2.45) is 0 Å². The number of carbonyl (C=O) groups excluding carboxylic acids is 2. The summed E-state index contributed by atoms with van der Waals surface area (Å²) < 4.78 is 5.00. The first-order valence-corrected chi connectivity index (χ1v) is 10.4. The molecule has 0 aromatic carbocycles. The molecule has 1 fully saturated rings. The van der Waals surface area contributed by atoms with Crippen molar-refractivity contribution in [2.75, 3.05) is 6.61 Å². The van der Waals surface area contributed by atoms with Gasteiger partial charge < -0.3 is 9.64 Å². The van der Waals surface area contributed by atoms with Crippen LogP contribution in [0.1, 0.15) is 87.1 Å². The minimum Gasteiger partial charge on any atom is -0.461 e. The lowest BCUT2D eigenvalue weighted by Crippen LogP contribution is -2.40. The first-order valence-electron chi connectivity index (χ1n) is 9.56. The number of thiazole rings is 1. The topological polar surface area (TPSA) is 59.5 Å². The van der Waals surface area contributed by atoms with Crippen molar-refractivity contribution >= 4 is 23.2 Å². The Morgan fingerprint density at radius 3 is 2.68 bits per heavy atom. The molecule has 2 rings (SSSR count). The van der Waals surface area contributed by atoms with Gasteiger partial charge in [0.05, 0.1) is 13.2 Å². The summed E-state index contributed by atoms with van der Waals surface area (Å²) in [6.45, 7) is 4.79. The molecule has 0 unspecified atom stereocenters. The Balaban J connectivity index is 2.04. The molecule has 0 atom stereocenters. The predicted molar refractivity (Wildman–Crippen MR) is 99.6 cm³/mol. The third-order valence-corrected chi connectivity index (χ3v) is 5.51. The van der Waals surface area contributed by atoms with E-state index < -0.39 is 0 Å². The van der Waals surface area contributed by atoms with Crippen LogP contribution in [-0.2, 0) is 16.1 Å². The van der Waals surface area contributed by atoms with Crippen LogP contribution < -0.4 is 0 Å². The van der Waals surface area contributed by atoms with Crippen molar-refractivity contribution in [3.05, 3.63) is 16.1 Å². The summed E-state index contributed by atoms with van der Waals surface area (Å²) in [5.74, 6) is -0.156. The number of amides is 1. The van der Waals surface area contributed by atoms with Gasteiger partial charge in [-0.25, -0.2) is 9.78 Å². The summed E-state index contributed by atoms with van der Waals surface area (Å²) in [7, 11) is 0. The van der Waals surface area contributed by atoms with E-state index in [9.17, 15) is 9.59 Å². The van der Waals surface area contributed by atoms with Gasteiger partial charge in [0.2, 0.25) is 5.91 Å². The summed E-state index contributed by atoms with van der Waals surface area (Å²) in [4.78, 5) is 31.0. The first kappa shape index (κ1) is 19.9. The molecular weight excluding hydrogens is 336 g/mol. The number of nitrogens with zero attached hydrogens (tertiary/aromatic N) is 2. The molecule has 0 spiro atoms.